The number of para-hydroxylation sites is 1. The van der Waals surface area contributed by atoms with Gasteiger partial charge in [-0.3, -0.25) is 19.8 Å². The van der Waals surface area contributed by atoms with Crippen LogP contribution in [-0.4, -0.2) is 48.5 Å². The fourth-order valence-corrected chi connectivity index (χ4v) is 4.54. The van der Waals surface area contributed by atoms with Gasteiger partial charge in [0.25, 0.3) is 5.69 Å². The van der Waals surface area contributed by atoms with Crippen LogP contribution in [-0.2, 0) is 4.79 Å². The van der Waals surface area contributed by atoms with Crippen molar-refractivity contribution in [3.8, 4) is 0 Å². The molecule has 3 aromatic rings. The van der Waals surface area contributed by atoms with Gasteiger partial charge >= 0.3 is 0 Å². The van der Waals surface area contributed by atoms with E-state index >= 15 is 0 Å². The van der Waals surface area contributed by atoms with Crippen LogP contribution in [0.2, 0.25) is 0 Å². The first-order valence-corrected chi connectivity index (χ1v) is 11.2. The highest BCUT2D eigenvalue weighted by molar-refractivity contribution is 7.99. The van der Waals surface area contributed by atoms with Crippen LogP contribution in [0.15, 0.2) is 88.7 Å². The van der Waals surface area contributed by atoms with Crippen molar-refractivity contribution < 1.29 is 9.72 Å². The summed E-state index contributed by atoms with van der Waals surface area (Å²) >= 11 is 1.63. The van der Waals surface area contributed by atoms with Gasteiger partial charge in [0, 0.05) is 53.8 Å². The third-order valence-electron chi connectivity index (χ3n) is 5.30. The summed E-state index contributed by atoms with van der Waals surface area (Å²) in [6.45, 7) is 3.38. The first-order chi connectivity index (χ1) is 15.6. The third-order valence-corrected chi connectivity index (χ3v) is 6.38. The topological polar surface area (TPSA) is 78.7 Å². The van der Waals surface area contributed by atoms with Gasteiger partial charge < -0.3 is 10.2 Å². The van der Waals surface area contributed by atoms with E-state index in [-0.39, 0.29) is 11.6 Å². The molecule has 3 aromatic carbocycles. The molecule has 0 bridgehead atoms. The largest absolute Gasteiger partial charge is 0.369 e. The highest BCUT2D eigenvalue weighted by Crippen LogP contribution is 2.33. The molecular weight excluding hydrogens is 424 g/mol. The molecule has 1 N–H and O–H groups in total. The fourth-order valence-electron chi connectivity index (χ4n) is 3.62. The molecule has 1 aliphatic heterocycles. The number of nitro groups is 1. The van der Waals surface area contributed by atoms with Crippen molar-refractivity contribution in [1.29, 1.82) is 0 Å². The molecule has 1 heterocycles. The zero-order chi connectivity index (χ0) is 22.3. The molecule has 32 heavy (non-hydrogen) atoms. The molecule has 1 aliphatic rings. The lowest BCUT2D eigenvalue weighted by molar-refractivity contribution is -0.384. The predicted octanol–water partition coefficient (Wildman–Crippen LogP) is 4.51. The zero-order valence-corrected chi connectivity index (χ0v) is 18.3. The number of rotatable bonds is 7. The first kappa shape index (κ1) is 21.9. The van der Waals surface area contributed by atoms with Crippen molar-refractivity contribution in [2.24, 2.45) is 0 Å². The Morgan fingerprint density at radius 3 is 2.25 bits per heavy atom. The standard InChI is InChI=1S/C24H24N4O3S/c29-24(25-22-8-4-5-9-23(22)32-21-6-2-1-3-7-21)18-26-14-16-27(17-15-26)19-10-12-20(13-11-19)28(30)31/h1-13H,14-18H2,(H,25,29). The second-order valence-electron chi connectivity index (χ2n) is 7.50. The molecule has 0 unspecified atom stereocenters. The van der Waals surface area contributed by atoms with Gasteiger partial charge in [0.15, 0.2) is 0 Å². The van der Waals surface area contributed by atoms with Gasteiger partial charge in [-0.2, -0.15) is 0 Å². The molecule has 7 nitrogen and oxygen atoms in total. The quantitative estimate of drug-likeness (QED) is 0.423. The average Bonchev–Trinajstić information content (AvgIpc) is 2.81. The van der Waals surface area contributed by atoms with Crippen LogP contribution in [0.4, 0.5) is 17.1 Å². The van der Waals surface area contributed by atoms with Gasteiger partial charge in [-0.1, -0.05) is 42.1 Å². The van der Waals surface area contributed by atoms with Gasteiger partial charge in [-0.05, 0) is 36.4 Å². The molecule has 164 valence electrons. The van der Waals surface area contributed by atoms with Crippen LogP contribution >= 0.6 is 11.8 Å². The molecule has 0 spiro atoms. The van der Waals surface area contributed by atoms with Gasteiger partial charge in [-0.15, -0.1) is 0 Å². The number of nitrogens with zero attached hydrogens (tertiary/aromatic N) is 3. The number of benzene rings is 3. The SMILES string of the molecule is O=C(CN1CCN(c2ccc([N+](=O)[O-])cc2)CC1)Nc1ccccc1Sc1ccccc1. The minimum absolute atomic E-state index is 0.0325. The summed E-state index contributed by atoms with van der Waals surface area (Å²) in [5.74, 6) is -0.0325. The van der Waals surface area contributed by atoms with E-state index in [1.807, 2.05) is 54.6 Å². The Morgan fingerprint density at radius 2 is 1.56 bits per heavy atom. The highest BCUT2D eigenvalue weighted by Gasteiger charge is 2.20. The smallest absolute Gasteiger partial charge is 0.269 e. The second kappa shape index (κ2) is 10.3. The van der Waals surface area contributed by atoms with Crippen molar-refractivity contribution in [3.05, 3.63) is 89.0 Å². The van der Waals surface area contributed by atoms with Crippen molar-refractivity contribution in [1.82, 2.24) is 4.90 Å². The van der Waals surface area contributed by atoms with E-state index in [4.69, 9.17) is 0 Å². The molecule has 4 rings (SSSR count). The van der Waals surface area contributed by atoms with Crippen LogP contribution in [0.5, 0.6) is 0 Å². The molecule has 0 atom stereocenters. The van der Waals surface area contributed by atoms with Crippen molar-refractivity contribution in [2.45, 2.75) is 9.79 Å². The summed E-state index contributed by atoms with van der Waals surface area (Å²) in [7, 11) is 0. The van der Waals surface area contributed by atoms with Crippen LogP contribution in [0.3, 0.4) is 0 Å². The number of hydrogen-bond acceptors (Lipinski definition) is 6. The van der Waals surface area contributed by atoms with Crippen LogP contribution < -0.4 is 10.2 Å². The summed E-state index contributed by atoms with van der Waals surface area (Å²) in [5.41, 5.74) is 1.87. The number of nitro benzene ring substituents is 1. The van der Waals surface area contributed by atoms with Crippen LogP contribution in [0, 0.1) is 10.1 Å². The van der Waals surface area contributed by atoms with E-state index in [9.17, 15) is 14.9 Å². The number of non-ortho nitro benzene ring substituents is 1. The number of hydrogen-bond donors (Lipinski definition) is 1. The van der Waals surface area contributed by atoms with E-state index in [1.165, 1.54) is 12.1 Å². The Morgan fingerprint density at radius 1 is 0.906 bits per heavy atom. The maximum Gasteiger partial charge on any atom is 0.269 e. The number of nitrogens with one attached hydrogen (secondary N) is 1. The van der Waals surface area contributed by atoms with E-state index < -0.39 is 4.92 Å². The zero-order valence-electron chi connectivity index (χ0n) is 17.5. The van der Waals surface area contributed by atoms with Crippen molar-refractivity contribution >= 4 is 34.7 Å². The van der Waals surface area contributed by atoms with Gasteiger partial charge in [-0.25, -0.2) is 0 Å². The maximum absolute atomic E-state index is 12.7. The first-order valence-electron chi connectivity index (χ1n) is 10.4. The Labute approximate surface area is 191 Å². The summed E-state index contributed by atoms with van der Waals surface area (Å²) in [6.07, 6.45) is 0. The van der Waals surface area contributed by atoms with Crippen LogP contribution in [0.1, 0.15) is 0 Å². The number of piperazine rings is 1. The lowest BCUT2D eigenvalue weighted by atomic mass is 10.2. The predicted molar refractivity (Wildman–Crippen MR) is 127 cm³/mol. The fraction of sp³-hybridized carbons (Fsp3) is 0.208. The van der Waals surface area contributed by atoms with E-state index in [0.29, 0.717) is 6.54 Å². The Hall–Kier alpha value is -3.36. The monoisotopic (exact) mass is 448 g/mol. The highest BCUT2D eigenvalue weighted by atomic mass is 32.2. The Bertz CT molecular complexity index is 1070. The number of amides is 1. The van der Waals surface area contributed by atoms with Crippen molar-refractivity contribution in [2.75, 3.05) is 42.9 Å². The van der Waals surface area contributed by atoms with E-state index in [1.54, 1.807) is 23.9 Å². The van der Waals surface area contributed by atoms with Crippen LogP contribution in [0.25, 0.3) is 0 Å². The Kier molecular flexibility index (Phi) is 7.03. The summed E-state index contributed by atoms with van der Waals surface area (Å²) < 4.78 is 0. The third kappa shape index (κ3) is 5.66. The van der Waals surface area contributed by atoms with Gasteiger partial charge in [0.05, 0.1) is 17.2 Å². The molecular formula is C24H24N4O3S. The molecule has 1 amide bonds. The van der Waals surface area contributed by atoms with E-state index in [0.717, 1.165) is 47.3 Å². The van der Waals surface area contributed by atoms with E-state index in [2.05, 4.69) is 15.1 Å². The van der Waals surface area contributed by atoms with Crippen molar-refractivity contribution in [3.63, 3.8) is 0 Å². The van der Waals surface area contributed by atoms with Gasteiger partial charge in [0.2, 0.25) is 5.91 Å². The molecule has 0 radical (unpaired) electrons. The minimum Gasteiger partial charge on any atom is -0.369 e. The average molecular weight is 449 g/mol. The second-order valence-corrected chi connectivity index (χ2v) is 8.61. The summed E-state index contributed by atoms with van der Waals surface area (Å²) in [5, 5.41) is 13.9. The number of carbonyl (C=O) groups is 1. The molecule has 0 saturated carbocycles. The normalized spacial score (nSPS) is 14.2. The lowest BCUT2D eigenvalue weighted by Crippen LogP contribution is -2.48. The molecule has 0 aliphatic carbocycles. The Balaban J connectivity index is 1.30. The minimum atomic E-state index is -0.392. The molecule has 1 fully saturated rings. The van der Waals surface area contributed by atoms with Gasteiger partial charge in [0.1, 0.15) is 0 Å². The summed E-state index contributed by atoms with van der Waals surface area (Å²) in [4.78, 5) is 29.6. The molecule has 8 heteroatoms. The molecule has 1 saturated heterocycles. The lowest BCUT2D eigenvalue weighted by Gasteiger charge is -2.35. The number of carbonyl (C=O) groups excluding carboxylic acids is 1. The maximum atomic E-state index is 12.7. The molecule has 0 aromatic heterocycles. The number of anilines is 2. The summed E-state index contributed by atoms with van der Waals surface area (Å²) in [6, 6.07) is 24.5.